The first-order valence-corrected chi connectivity index (χ1v) is 10.8. The van der Waals surface area contributed by atoms with E-state index >= 15 is 0 Å². The summed E-state index contributed by atoms with van der Waals surface area (Å²) in [6, 6.07) is 12.4. The first kappa shape index (κ1) is 23.3. The van der Waals surface area contributed by atoms with Gasteiger partial charge in [0.25, 0.3) is 0 Å². The molecule has 30 heavy (non-hydrogen) atoms. The van der Waals surface area contributed by atoms with Crippen LogP contribution in [0.1, 0.15) is 11.1 Å². The standard InChI is InChI=1S/C20H26FN5O3S/c1-26(2)19(27)14-25-20(23-11-10-15-4-3-5-17(21)12-15)24-13-16-6-8-18(9-7-16)30(22,28)29/h3-9,12H,10-11,13-14H2,1-2H3,(H2,22,28,29)(H2,23,24,25). The molecule has 0 aliphatic rings. The van der Waals surface area contributed by atoms with Gasteiger partial charge in [0, 0.05) is 20.6 Å². The number of nitrogens with two attached hydrogens (primary N) is 1. The zero-order valence-electron chi connectivity index (χ0n) is 16.9. The maximum Gasteiger partial charge on any atom is 0.241 e. The Hall–Kier alpha value is -2.98. The van der Waals surface area contributed by atoms with E-state index < -0.39 is 10.0 Å². The third-order valence-electron chi connectivity index (χ3n) is 4.17. The summed E-state index contributed by atoms with van der Waals surface area (Å²) in [6.45, 7) is 0.801. The SMILES string of the molecule is CN(C)C(=O)CNC(=NCc1ccc(S(N)(=O)=O)cc1)NCCc1cccc(F)c1. The van der Waals surface area contributed by atoms with Crippen molar-refractivity contribution in [2.75, 3.05) is 27.2 Å². The van der Waals surface area contributed by atoms with Crippen LogP contribution >= 0.6 is 0 Å². The molecular weight excluding hydrogens is 409 g/mol. The fourth-order valence-electron chi connectivity index (χ4n) is 2.46. The van der Waals surface area contributed by atoms with E-state index in [1.807, 2.05) is 6.07 Å². The van der Waals surface area contributed by atoms with Gasteiger partial charge in [-0.25, -0.2) is 22.9 Å². The molecule has 0 saturated carbocycles. The molecule has 0 atom stereocenters. The number of rotatable bonds is 8. The second-order valence-electron chi connectivity index (χ2n) is 6.80. The number of aliphatic imine (C=N–C) groups is 1. The van der Waals surface area contributed by atoms with E-state index in [1.165, 1.54) is 29.2 Å². The van der Waals surface area contributed by atoms with E-state index in [1.54, 1.807) is 32.3 Å². The van der Waals surface area contributed by atoms with Gasteiger partial charge in [-0.15, -0.1) is 0 Å². The van der Waals surface area contributed by atoms with Gasteiger partial charge in [0.05, 0.1) is 18.0 Å². The van der Waals surface area contributed by atoms with Gasteiger partial charge in [-0.1, -0.05) is 24.3 Å². The van der Waals surface area contributed by atoms with Gasteiger partial charge in [-0.2, -0.15) is 0 Å². The Morgan fingerprint density at radius 1 is 1.10 bits per heavy atom. The predicted octanol–water partition coefficient (Wildman–Crippen LogP) is 0.839. The Bertz CT molecular complexity index is 992. The minimum atomic E-state index is -3.75. The highest BCUT2D eigenvalue weighted by atomic mass is 32.2. The fraction of sp³-hybridized carbons (Fsp3) is 0.300. The molecular formula is C20H26FN5O3S. The maximum absolute atomic E-state index is 13.3. The third-order valence-corrected chi connectivity index (χ3v) is 5.10. The molecule has 2 aromatic rings. The topological polar surface area (TPSA) is 117 Å². The number of nitrogens with zero attached hydrogens (tertiary/aromatic N) is 2. The maximum atomic E-state index is 13.3. The fourth-order valence-corrected chi connectivity index (χ4v) is 2.98. The molecule has 0 bridgehead atoms. The third kappa shape index (κ3) is 7.80. The minimum absolute atomic E-state index is 0.0263. The number of amides is 1. The van der Waals surface area contributed by atoms with Crippen molar-refractivity contribution in [2.45, 2.75) is 17.9 Å². The highest BCUT2D eigenvalue weighted by molar-refractivity contribution is 7.89. The lowest BCUT2D eigenvalue weighted by Crippen LogP contribution is -2.43. The number of sulfonamides is 1. The lowest BCUT2D eigenvalue weighted by atomic mass is 10.1. The van der Waals surface area contributed by atoms with Crippen LogP contribution in [0.4, 0.5) is 4.39 Å². The van der Waals surface area contributed by atoms with Gasteiger partial charge in [0.15, 0.2) is 5.96 Å². The molecule has 0 aliphatic carbocycles. The van der Waals surface area contributed by atoms with Crippen molar-refractivity contribution in [1.29, 1.82) is 0 Å². The average Bonchev–Trinajstić information content (AvgIpc) is 2.69. The Morgan fingerprint density at radius 3 is 2.40 bits per heavy atom. The molecule has 2 aromatic carbocycles. The van der Waals surface area contributed by atoms with Gasteiger partial charge in [0.2, 0.25) is 15.9 Å². The van der Waals surface area contributed by atoms with Crippen LogP contribution in [0.5, 0.6) is 0 Å². The van der Waals surface area contributed by atoms with Gasteiger partial charge in [0.1, 0.15) is 5.82 Å². The van der Waals surface area contributed by atoms with Gasteiger partial charge < -0.3 is 15.5 Å². The van der Waals surface area contributed by atoms with Crippen LogP contribution in [-0.4, -0.2) is 52.4 Å². The zero-order valence-corrected chi connectivity index (χ0v) is 17.7. The Labute approximate surface area is 176 Å². The summed E-state index contributed by atoms with van der Waals surface area (Å²) in [4.78, 5) is 17.8. The van der Waals surface area contributed by atoms with Crippen LogP contribution in [0.25, 0.3) is 0 Å². The average molecular weight is 436 g/mol. The van der Waals surface area contributed by atoms with Gasteiger partial charge in [-0.05, 0) is 41.8 Å². The zero-order chi connectivity index (χ0) is 22.1. The number of carbonyl (C=O) groups is 1. The van der Waals surface area contributed by atoms with Crippen LogP contribution < -0.4 is 15.8 Å². The number of benzene rings is 2. The summed E-state index contributed by atoms with van der Waals surface area (Å²) in [5.41, 5.74) is 1.61. The van der Waals surface area contributed by atoms with Crippen LogP contribution in [0.2, 0.25) is 0 Å². The van der Waals surface area contributed by atoms with E-state index in [2.05, 4.69) is 15.6 Å². The van der Waals surface area contributed by atoms with Gasteiger partial charge >= 0.3 is 0 Å². The molecule has 10 heteroatoms. The van der Waals surface area contributed by atoms with E-state index in [0.29, 0.717) is 18.9 Å². The number of nitrogens with one attached hydrogen (secondary N) is 2. The number of likely N-dealkylation sites (N-methyl/N-ethyl adjacent to an activating group) is 1. The highest BCUT2D eigenvalue weighted by Crippen LogP contribution is 2.09. The normalized spacial score (nSPS) is 11.8. The van der Waals surface area contributed by atoms with E-state index in [4.69, 9.17) is 5.14 Å². The summed E-state index contributed by atoms with van der Waals surface area (Å²) < 4.78 is 36.0. The highest BCUT2D eigenvalue weighted by Gasteiger charge is 2.08. The smallest absolute Gasteiger partial charge is 0.241 e. The number of primary sulfonamides is 1. The van der Waals surface area contributed by atoms with Crippen LogP contribution in [0, 0.1) is 5.82 Å². The lowest BCUT2D eigenvalue weighted by Gasteiger charge is -2.15. The first-order valence-electron chi connectivity index (χ1n) is 9.23. The number of hydrogen-bond donors (Lipinski definition) is 3. The largest absolute Gasteiger partial charge is 0.356 e. The molecule has 162 valence electrons. The van der Waals surface area contributed by atoms with Crippen molar-refractivity contribution in [1.82, 2.24) is 15.5 Å². The molecule has 2 rings (SSSR count). The molecule has 0 aromatic heterocycles. The molecule has 8 nitrogen and oxygen atoms in total. The molecule has 0 saturated heterocycles. The quantitative estimate of drug-likeness (QED) is 0.420. The van der Waals surface area contributed by atoms with Crippen molar-refractivity contribution in [3.05, 3.63) is 65.5 Å². The van der Waals surface area contributed by atoms with Gasteiger partial charge in [-0.3, -0.25) is 4.79 Å². The number of carbonyl (C=O) groups excluding carboxylic acids is 1. The summed E-state index contributed by atoms with van der Waals surface area (Å²) in [5, 5.41) is 11.2. The van der Waals surface area contributed by atoms with Crippen molar-refractivity contribution >= 4 is 21.9 Å². The lowest BCUT2D eigenvalue weighted by molar-refractivity contribution is -0.127. The molecule has 0 spiro atoms. The van der Waals surface area contributed by atoms with E-state index in [0.717, 1.165) is 11.1 Å². The summed E-state index contributed by atoms with van der Waals surface area (Å²) in [6.07, 6.45) is 0.573. The summed E-state index contributed by atoms with van der Waals surface area (Å²) >= 11 is 0. The Balaban J connectivity index is 2.02. The van der Waals surface area contributed by atoms with E-state index in [9.17, 15) is 17.6 Å². The predicted molar refractivity (Wildman–Crippen MR) is 114 cm³/mol. The Morgan fingerprint density at radius 2 is 1.80 bits per heavy atom. The van der Waals surface area contributed by atoms with Crippen molar-refractivity contribution in [2.24, 2.45) is 10.1 Å². The number of hydrogen-bond acceptors (Lipinski definition) is 4. The number of guanidine groups is 1. The molecule has 0 radical (unpaired) electrons. The molecule has 4 N–H and O–H groups in total. The molecule has 0 fully saturated rings. The molecule has 1 amide bonds. The summed E-state index contributed by atoms with van der Waals surface area (Å²) in [5.74, 6) is 0.00305. The Kier molecular flexibility index (Phi) is 8.31. The molecule has 0 unspecified atom stereocenters. The molecule has 0 heterocycles. The summed E-state index contributed by atoms with van der Waals surface area (Å²) in [7, 11) is -0.432. The molecule has 0 aliphatic heterocycles. The number of halogens is 1. The van der Waals surface area contributed by atoms with Crippen molar-refractivity contribution in [3.8, 4) is 0 Å². The first-order chi connectivity index (χ1) is 14.1. The second kappa shape index (κ2) is 10.7. The monoisotopic (exact) mass is 435 g/mol. The van der Waals surface area contributed by atoms with Crippen LogP contribution in [0.15, 0.2) is 58.4 Å². The van der Waals surface area contributed by atoms with Crippen molar-refractivity contribution in [3.63, 3.8) is 0 Å². The van der Waals surface area contributed by atoms with Crippen LogP contribution in [0.3, 0.4) is 0 Å². The van der Waals surface area contributed by atoms with Crippen molar-refractivity contribution < 1.29 is 17.6 Å². The van der Waals surface area contributed by atoms with E-state index in [-0.39, 0.29) is 29.7 Å². The second-order valence-corrected chi connectivity index (χ2v) is 8.36. The van der Waals surface area contributed by atoms with Crippen LogP contribution in [-0.2, 0) is 27.8 Å². The minimum Gasteiger partial charge on any atom is -0.356 e.